The van der Waals surface area contributed by atoms with Gasteiger partial charge >= 0.3 is 0 Å². The predicted octanol–water partition coefficient (Wildman–Crippen LogP) is 4.73. The number of aromatic nitrogens is 2. The third-order valence-electron chi connectivity index (χ3n) is 4.24. The molecule has 0 aliphatic heterocycles. The van der Waals surface area contributed by atoms with Gasteiger partial charge in [-0.3, -0.25) is 9.36 Å². The topological polar surface area (TPSA) is 44.1 Å². The van der Waals surface area contributed by atoms with Crippen molar-refractivity contribution in [2.24, 2.45) is 0 Å². The summed E-state index contributed by atoms with van der Waals surface area (Å²) < 4.78 is 19.8. The van der Waals surface area contributed by atoms with Crippen molar-refractivity contribution < 1.29 is 9.13 Å². The Morgan fingerprint density at radius 1 is 1.15 bits per heavy atom. The summed E-state index contributed by atoms with van der Waals surface area (Å²) in [7, 11) is 0. The van der Waals surface area contributed by atoms with Gasteiger partial charge in [0.2, 0.25) is 6.86 Å². The second-order valence-electron chi connectivity index (χ2n) is 5.83. The Labute approximate surface area is 153 Å². The van der Waals surface area contributed by atoms with E-state index in [1.165, 1.54) is 0 Å². The van der Waals surface area contributed by atoms with Gasteiger partial charge in [-0.15, -0.1) is 11.3 Å². The van der Waals surface area contributed by atoms with Crippen molar-refractivity contribution >= 4 is 21.6 Å². The normalized spacial score (nSPS) is 11.0. The molecule has 2 heterocycles. The number of rotatable bonds is 4. The van der Waals surface area contributed by atoms with Crippen LogP contribution < -0.4 is 10.3 Å². The van der Waals surface area contributed by atoms with Crippen molar-refractivity contribution in [2.45, 2.75) is 6.92 Å². The van der Waals surface area contributed by atoms with Crippen molar-refractivity contribution in [1.82, 2.24) is 9.55 Å². The largest absolute Gasteiger partial charge is 0.463 e. The van der Waals surface area contributed by atoms with Crippen LogP contribution in [-0.2, 0) is 0 Å². The summed E-state index contributed by atoms with van der Waals surface area (Å²) in [4.78, 5) is 16.9. The minimum absolute atomic E-state index is 0.123. The molecule has 0 saturated heterocycles. The summed E-state index contributed by atoms with van der Waals surface area (Å²) >= 11 is 1.58. The van der Waals surface area contributed by atoms with Crippen molar-refractivity contribution in [3.8, 4) is 22.6 Å². The molecular weight excluding hydrogens is 351 g/mol. The van der Waals surface area contributed by atoms with Crippen LogP contribution in [0, 0.1) is 6.92 Å². The van der Waals surface area contributed by atoms with Gasteiger partial charge in [0, 0.05) is 29.1 Å². The molecule has 0 radical (unpaired) electrons. The molecule has 2 aromatic carbocycles. The zero-order valence-electron chi connectivity index (χ0n) is 14.0. The summed E-state index contributed by atoms with van der Waals surface area (Å²) in [6, 6.07) is 14.4. The average molecular weight is 366 g/mol. The van der Waals surface area contributed by atoms with Gasteiger partial charge < -0.3 is 4.74 Å². The zero-order valence-corrected chi connectivity index (χ0v) is 14.8. The molecule has 26 heavy (non-hydrogen) atoms. The van der Waals surface area contributed by atoms with Crippen LogP contribution in [0.1, 0.15) is 5.56 Å². The fourth-order valence-electron chi connectivity index (χ4n) is 2.98. The van der Waals surface area contributed by atoms with Crippen molar-refractivity contribution in [1.29, 1.82) is 0 Å². The second-order valence-corrected chi connectivity index (χ2v) is 6.69. The molecule has 0 saturated carbocycles. The molecule has 6 heteroatoms. The average Bonchev–Trinajstić information content (AvgIpc) is 3.12. The highest BCUT2D eigenvalue weighted by Gasteiger charge is 2.11. The first-order valence-electron chi connectivity index (χ1n) is 8.02. The summed E-state index contributed by atoms with van der Waals surface area (Å²) in [5.74, 6) is 0.422. The van der Waals surface area contributed by atoms with Crippen LogP contribution >= 0.6 is 11.3 Å². The molecule has 0 spiro atoms. The van der Waals surface area contributed by atoms with E-state index in [2.05, 4.69) is 4.98 Å². The number of halogens is 1. The number of pyridine rings is 1. The van der Waals surface area contributed by atoms with E-state index in [4.69, 9.17) is 4.74 Å². The third kappa shape index (κ3) is 2.88. The summed E-state index contributed by atoms with van der Waals surface area (Å²) in [6.07, 6.45) is 1.84. The van der Waals surface area contributed by atoms with Crippen molar-refractivity contribution in [2.75, 3.05) is 6.86 Å². The Balaban J connectivity index is 1.86. The Morgan fingerprint density at radius 3 is 2.73 bits per heavy atom. The Morgan fingerprint density at radius 2 is 1.96 bits per heavy atom. The number of aryl methyl sites for hydroxylation is 1. The smallest absolute Gasteiger partial charge is 0.255 e. The Bertz CT molecular complexity index is 1130. The standard InChI is InChI=1S/C20H15FN2O2S/c1-13-9-19(24)23(14-5-7-15(8-6-14)25-11-21)10-17(13)16-3-2-4-18-20(16)26-12-22-18/h2-10,12H,11H2,1H3. The first-order chi connectivity index (χ1) is 12.7. The maximum absolute atomic E-state index is 12.5. The molecule has 0 aliphatic carbocycles. The number of alkyl halides is 1. The number of hydrogen-bond acceptors (Lipinski definition) is 4. The van der Waals surface area contributed by atoms with E-state index >= 15 is 0 Å². The van der Waals surface area contributed by atoms with Crippen LogP contribution in [0.3, 0.4) is 0 Å². The third-order valence-corrected chi connectivity index (χ3v) is 5.12. The number of benzene rings is 2. The molecule has 0 unspecified atom stereocenters. The molecule has 4 aromatic rings. The molecule has 4 nitrogen and oxygen atoms in total. The molecule has 0 N–H and O–H groups in total. The molecule has 2 aromatic heterocycles. The van der Waals surface area contributed by atoms with Crippen LogP contribution in [0.4, 0.5) is 4.39 Å². The van der Waals surface area contributed by atoms with Gasteiger partial charge in [0.15, 0.2) is 0 Å². The molecule has 0 fully saturated rings. The first kappa shape index (κ1) is 16.5. The van der Waals surface area contributed by atoms with Gasteiger partial charge in [-0.1, -0.05) is 12.1 Å². The van der Waals surface area contributed by atoms with Crippen LogP contribution in [0.25, 0.3) is 27.0 Å². The maximum atomic E-state index is 12.5. The molecule has 0 amide bonds. The molecule has 130 valence electrons. The van der Waals surface area contributed by atoms with Gasteiger partial charge in [0.05, 0.1) is 15.7 Å². The lowest BCUT2D eigenvalue weighted by Crippen LogP contribution is -2.17. The zero-order chi connectivity index (χ0) is 18.1. The minimum atomic E-state index is -0.882. The lowest BCUT2D eigenvalue weighted by atomic mass is 10.0. The number of nitrogens with zero attached hydrogens (tertiary/aromatic N) is 2. The Kier molecular flexibility index (Phi) is 4.26. The highest BCUT2D eigenvalue weighted by atomic mass is 32.1. The van der Waals surface area contributed by atoms with Crippen molar-refractivity contribution in [3.05, 3.63) is 76.2 Å². The minimum Gasteiger partial charge on any atom is -0.463 e. The van der Waals surface area contributed by atoms with E-state index in [0.717, 1.165) is 26.9 Å². The summed E-state index contributed by atoms with van der Waals surface area (Å²) in [5.41, 5.74) is 6.27. The van der Waals surface area contributed by atoms with E-state index in [1.54, 1.807) is 46.2 Å². The van der Waals surface area contributed by atoms with Gasteiger partial charge in [0.25, 0.3) is 5.56 Å². The fourth-order valence-corrected chi connectivity index (χ4v) is 3.79. The van der Waals surface area contributed by atoms with Crippen molar-refractivity contribution in [3.63, 3.8) is 0 Å². The van der Waals surface area contributed by atoms with Gasteiger partial charge in [-0.2, -0.15) is 0 Å². The predicted molar refractivity (Wildman–Crippen MR) is 102 cm³/mol. The van der Waals surface area contributed by atoms with E-state index in [9.17, 15) is 9.18 Å². The van der Waals surface area contributed by atoms with Crippen LogP contribution in [0.15, 0.2) is 65.0 Å². The van der Waals surface area contributed by atoms with Gasteiger partial charge in [-0.25, -0.2) is 9.37 Å². The number of hydrogen-bond donors (Lipinski definition) is 0. The maximum Gasteiger partial charge on any atom is 0.255 e. The number of fused-ring (bicyclic) bond motifs is 1. The molecule has 0 aliphatic rings. The van der Waals surface area contributed by atoms with Crippen LogP contribution in [0.5, 0.6) is 5.75 Å². The van der Waals surface area contributed by atoms with Crippen LogP contribution in [0.2, 0.25) is 0 Å². The van der Waals surface area contributed by atoms with E-state index in [1.807, 2.05) is 36.8 Å². The van der Waals surface area contributed by atoms with Gasteiger partial charge in [0.1, 0.15) is 5.75 Å². The molecular formula is C20H15FN2O2S. The monoisotopic (exact) mass is 366 g/mol. The molecule has 0 bridgehead atoms. The number of ether oxygens (including phenoxy) is 1. The highest BCUT2D eigenvalue weighted by molar-refractivity contribution is 7.17. The second kappa shape index (κ2) is 6.72. The summed E-state index contributed by atoms with van der Waals surface area (Å²) in [6.45, 7) is 1.05. The lowest BCUT2D eigenvalue weighted by molar-refractivity contribution is 0.192. The van der Waals surface area contributed by atoms with E-state index in [-0.39, 0.29) is 5.56 Å². The SMILES string of the molecule is Cc1cc(=O)n(-c2ccc(OCF)cc2)cc1-c1cccc2ncsc12. The fraction of sp³-hybridized carbons (Fsp3) is 0.100. The van der Waals surface area contributed by atoms with E-state index < -0.39 is 6.86 Å². The number of thiazole rings is 1. The van der Waals surface area contributed by atoms with Gasteiger partial charge in [-0.05, 0) is 42.8 Å². The summed E-state index contributed by atoms with van der Waals surface area (Å²) in [5, 5.41) is 0. The first-order valence-corrected chi connectivity index (χ1v) is 8.90. The van der Waals surface area contributed by atoms with E-state index in [0.29, 0.717) is 11.4 Å². The van der Waals surface area contributed by atoms with Crippen LogP contribution in [-0.4, -0.2) is 16.4 Å². The molecule has 0 atom stereocenters. The Hall–Kier alpha value is -2.99. The highest BCUT2D eigenvalue weighted by Crippen LogP contribution is 2.32. The molecule has 4 rings (SSSR count). The lowest BCUT2D eigenvalue weighted by Gasteiger charge is -2.12. The quantitative estimate of drug-likeness (QED) is 0.524.